The molecule has 0 heterocycles. The third-order valence-corrected chi connectivity index (χ3v) is 3.16. The molecule has 1 saturated carbocycles. The number of rotatable bonds is 5. The molecule has 0 aromatic rings. The van der Waals surface area contributed by atoms with Crippen LogP contribution < -0.4 is 11.1 Å². The van der Waals surface area contributed by atoms with Crippen LogP contribution in [0.15, 0.2) is 0 Å². The zero-order chi connectivity index (χ0) is 11.1. The molecule has 0 spiro atoms. The molecule has 1 aliphatic rings. The van der Waals surface area contributed by atoms with E-state index in [1.807, 2.05) is 0 Å². The van der Waals surface area contributed by atoms with Crippen molar-refractivity contribution in [3.05, 3.63) is 0 Å². The molecule has 1 aliphatic carbocycles. The Morgan fingerprint density at radius 3 is 2.38 bits per heavy atom. The molecule has 5 heteroatoms. The summed E-state index contributed by atoms with van der Waals surface area (Å²) in [5.74, 6) is 1.32. The average molecular weight is 251 g/mol. The smallest absolute Gasteiger partial charge is 0.245 e. The zero-order valence-corrected chi connectivity index (χ0v) is 10.7. The third kappa shape index (κ3) is 5.68. The zero-order valence-electron chi connectivity index (χ0n) is 9.91. The van der Waals surface area contributed by atoms with Crippen molar-refractivity contribution in [3.63, 3.8) is 0 Å². The van der Waals surface area contributed by atoms with Gasteiger partial charge in [0.15, 0.2) is 0 Å². The summed E-state index contributed by atoms with van der Waals surface area (Å²) in [6, 6.07) is 0. The van der Waals surface area contributed by atoms with Crippen molar-refractivity contribution >= 4 is 18.3 Å². The third-order valence-electron chi connectivity index (χ3n) is 3.16. The molecule has 96 valence electrons. The first kappa shape index (κ1) is 15.7. The minimum absolute atomic E-state index is 0. The van der Waals surface area contributed by atoms with Gasteiger partial charge < -0.3 is 15.8 Å². The molecule has 0 atom stereocenters. The lowest BCUT2D eigenvalue weighted by atomic mass is 9.82. The number of hydrogen-bond donors (Lipinski definition) is 2. The number of carbonyl (C=O) groups excluding carboxylic acids is 1. The van der Waals surface area contributed by atoms with Crippen molar-refractivity contribution in [1.82, 2.24) is 5.32 Å². The van der Waals surface area contributed by atoms with Crippen LogP contribution >= 0.6 is 12.4 Å². The van der Waals surface area contributed by atoms with E-state index in [1.165, 1.54) is 32.8 Å². The summed E-state index contributed by atoms with van der Waals surface area (Å²) in [5, 5.41) is 2.89. The summed E-state index contributed by atoms with van der Waals surface area (Å²) in [6.45, 7) is 1.76. The van der Waals surface area contributed by atoms with Crippen LogP contribution in [-0.2, 0) is 9.53 Å². The molecule has 0 aromatic heterocycles. The number of ether oxygens (including phenoxy) is 1. The Labute approximate surface area is 104 Å². The predicted molar refractivity (Wildman–Crippen MR) is 66.6 cm³/mol. The van der Waals surface area contributed by atoms with E-state index in [2.05, 4.69) is 5.32 Å². The van der Waals surface area contributed by atoms with Crippen molar-refractivity contribution < 1.29 is 9.53 Å². The summed E-state index contributed by atoms with van der Waals surface area (Å²) in [7, 11) is 1.53. The molecule has 0 radical (unpaired) electrons. The molecule has 0 unspecified atom stereocenters. The van der Waals surface area contributed by atoms with Gasteiger partial charge >= 0.3 is 0 Å². The molecule has 1 fully saturated rings. The van der Waals surface area contributed by atoms with E-state index in [0.29, 0.717) is 11.8 Å². The summed E-state index contributed by atoms with van der Waals surface area (Å²) in [6.07, 6.45) is 4.80. The first-order valence-corrected chi connectivity index (χ1v) is 5.72. The van der Waals surface area contributed by atoms with Crippen molar-refractivity contribution in [3.8, 4) is 0 Å². The summed E-state index contributed by atoms with van der Waals surface area (Å²) in [5.41, 5.74) is 5.62. The molecule has 3 N–H and O–H groups in total. The van der Waals surface area contributed by atoms with E-state index in [-0.39, 0.29) is 24.9 Å². The van der Waals surface area contributed by atoms with Crippen LogP contribution in [0.1, 0.15) is 25.7 Å². The fourth-order valence-electron chi connectivity index (χ4n) is 2.11. The second-order valence-electron chi connectivity index (χ2n) is 4.36. The van der Waals surface area contributed by atoms with Crippen LogP contribution in [0.2, 0.25) is 0 Å². The summed E-state index contributed by atoms with van der Waals surface area (Å²) in [4.78, 5) is 11.2. The van der Waals surface area contributed by atoms with Gasteiger partial charge in [0.2, 0.25) is 5.91 Å². The molecule has 0 saturated heterocycles. The highest BCUT2D eigenvalue weighted by Gasteiger charge is 2.20. The van der Waals surface area contributed by atoms with E-state index in [9.17, 15) is 4.79 Å². The maximum absolute atomic E-state index is 11.2. The molecular formula is C11H23ClN2O2. The largest absolute Gasteiger partial charge is 0.375 e. The maximum Gasteiger partial charge on any atom is 0.245 e. The second-order valence-corrected chi connectivity index (χ2v) is 4.36. The number of amides is 1. The molecular weight excluding hydrogens is 228 g/mol. The van der Waals surface area contributed by atoms with Gasteiger partial charge in [0.05, 0.1) is 0 Å². The van der Waals surface area contributed by atoms with Gasteiger partial charge in [-0.3, -0.25) is 4.79 Å². The quantitative estimate of drug-likeness (QED) is 0.763. The Morgan fingerprint density at radius 1 is 1.31 bits per heavy atom. The Balaban J connectivity index is 0.00000225. The monoisotopic (exact) mass is 250 g/mol. The highest BCUT2D eigenvalue weighted by molar-refractivity contribution is 5.85. The van der Waals surface area contributed by atoms with Gasteiger partial charge in [0.25, 0.3) is 0 Å². The van der Waals surface area contributed by atoms with Crippen LogP contribution in [0, 0.1) is 11.8 Å². The van der Waals surface area contributed by atoms with E-state index in [1.54, 1.807) is 0 Å². The molecule has 16 heavy (non-hydrogen) atoms. The standard InChI is InChI=1S/C11H22N2O2.ClH/c1-15-8-11(14)13-7-10-4-2-9(6-12)3-5-10;/h9-10H,2-8,12H2,1H3,(H,13,14);1H. The van der Waals surface area contributed by atoms with Crippen LogP contribution in [0.5, 0.6) is 0 Å². The maximum atomic E-state index is 11.2. The van der Waals surface area contributed by atoms with Gasteiger partial charge in [-0.2, -0.15) is 0 Å². The lowest BCUT2D eigenvalue weighted by molar-refractivity contribution is -0.124. The lowest BCUT2D eigenvalue weighted by Crippen LogP contribution is -2.34. The molecule has 0 aliphatic heterocycles. The average Bonchev–Trinajstić information content (AvgIpc) is 2.27. The number of carbonyl (C=O) groups is 1. The fraction of sp³-hybridized carbons (Fsp3) is 0.909. The highest BCUT2D eigenvalue weighted by Crippen LogP contribution is 2.27. The van der Waals surface area contributed by atoms with Gasteiger partial charge in [-0.25, -0.2) is 0 Å². The van der Waals surface area contributed by atoms with Gasteiger partial charge in [-0.15, -0.1) is 12.4 Å². The Bertz CT molecular complexity index is 194. The molecule has 1 rings (SSSR count). The minimum atomic E-state index is -0.0153. The van der Waals surface area contributed by atoms with Gasteiger partial charge in [-0.05, 0) is 44.1 Å². The number of nitrogens with two attached hydrogens (primary N) is 1. The predicted octanol–water partition coefficient (Wildman–Crippen LogP) is 0.936. The number of methoxy groups -OCH3 is 1. The van der Waals surface area contributed by atoms with Gasteiger partial charge in [0, 0.05) is 13.7 Å². The molecule has 0 aromatic carbocycles. The number of hydrogen-bond acceptors (Lipinski definition) is 3. The van der Waals surface area contributed by atoms with Crippen molar-refractivity contribution in [2.45, 2.75) is 25.7 Å². The number of halogens is 1. The molecule has 4 nitrogen and oxygen atoms in total. The molecule has 1 amide bonds. The van der Waals surface area contributed by atoms with Crippen LogP contribution in [0.4, 0.5) is 0 Å². The summed E-state index contributed by atoms with van der Waals surface area (Å²) < 4.78 is 4.75. The van der Waals surface area contributed by atoms with Crippen molar-refractivity contribution in [1.29, 1.82) is 0 Å². The van der Waals surface area contributed by atoms with Crippen LogP contribution in [0.25, 0.3) is 0 Å². The van der Waals surface area contributed by atoms with E-state index in [4.69, 9.17) is 10.5 Å². The SMILES string of the molecule is COCC(=O)NCC1CCC(CN)CC1.Cl. The lowest BCUT2D eigenvalue weighted by Gasteiger charge is -2.27. The Kier molecular flexibility index (Phi) is 8.61. The van der Waals surface area contributed by atoms with E-state index < -0.39 is 0 Å². The van der Waals surface area contributed by atoms with E-state index >= 15 is 0 Å². The Morgan fingerprint density at radius 2 is 1.88 bits per heavy atom. The first-order chi connectivity index (χ1) is 7.26. The summed E-state index contributed by atoms with van der Waals surface area (Å²) >= 11 is 0. The van der Waals surface area contributed by atoms with Gasteiger partial charge in [-0.1, -0.05) is 0 Å². The van der Waals surface area contributed by atoms with Crippen LogP contribution in [0.3, 0.4) is 0 Å². The topological polar surface area (TPSA) is 64.3 Å². The van der Waals surface area contributed by atoms with Crippen molar-refractivity contribution in [2.75, 3.05) is 26.8 Å². The normalized spacial score (nSPS) is 24.6. The highest BCUT2D eigenvalue weighted by atomic mass is 35.5. The second kappa shape index (κ2) is 8.79. The molecule has 0 bridgehead atoms. The van der Waals surface area contributed by atoms with Gasteiger partial charge in [0.1, 0.15) is 6.61 Å². The fourth-order valence-corrected chi connectivity index (χ4v) is 2.11. The van der Waals surface area contributed by atoms with Crippen LogP contribution in [-0.4, -0.2) is 32.7 Å². The van der Waals surface area contributed by atoms with Crippen molar-refractivity contribution in [2.24, 2.45) is 17.6 Å². The van der Waals surface area contributed by atoms with E-state index in [0.717, 1.165) is 13.1 Å². The number of nitrogens with one attached hydrogen (secondary N) is 1. The minimum Gasteiger partial charge on any atom is -0.375 e. The first-order valence-electron chi connectivity index (χ1n) is 5.72. The Hall–Kier alpha value is -0.320.